The second kappa shape index (κ2) is 17.5. The zero-order chi connectivity index (χ0) is 34.2. The molecule has 1 unspecified atom stereocenters. The van der Waals surface area contributed by atoms with Crippen LogP contribution in [0, 0.1) is 11.8 Å². The molecule has 0 aliphatic rings. The van der Waals surface area contributed by atoms with Crippen molar-refractivity contribution in [3.63, 3.8) is 0 Å². The van der Waals surface area contributed by atoms with Gasteiger partial charge in [0.2, 0.25) is 0 Å². The van der Waals surface area contributed by atoms with E-state index in [-0.39, 0.29) is 21.4 Å². The number of nitrogens with zero attached hydrogens (tertiary/aromatic N) is 1. The van der Waals surface area contributed by atoms with Gasteiger partial charge in [0.15, 0.2) is 0 Å². The molecule has 2 aromatic carbocycles. The van der Waals surface area contributed by atoms with Gasteiger partial charge in [-0.25, -0.2) is 4.21 Å². The van der Waals surface area contributed by atoms with Crippen molar-refractivity contribution in [3.05, 3.63) is 66.5 Å². The highest BCUT2D eigenvalue weighted by Gasteiger charge is 2.46. The third kappa shape index (κ3) is 11.9. The summed E-state index contributed by atoms with van der Waals surface area (Å²) < 4.78 is 35.5. The van der Waals surface area contributed by atoms with E-state index < -0.39 is 33.1 Å². The summed E-state index contributed by atoms with van der Waals surface area (Å²) >= 11 is 19.1. The first-order valence-electron chi connectivity index (χ1n) is 14.5. The van der Waals surface area contributed by atoms with Gasteiger partial charge in [0, 0.05) is 35.7 Å². The molecule has 0 saturated heterocycles. The highest BCUT2D eigenvalue weighted by Crippen LogP contribution is 2.42. The van der Waals surface area contributed by atoms with Crippen LogP contribution >= 0.6 is 55.1 Å². The van der Waals surface area contributed by atoms with Crippen LogP contribution in [0.3, 0.4) is 0 Å². The molecule has 0 aromatic heterocycles. The largest absolute Gasteiger partial charge is 0.466 e. The monoisotopic (exact) mass is 813 g/mol. The van der Waals surface area contributed by atoms with Crippen molar-refractivity contribution in [1.82, 2.24) is 0 Å². The highest BCUT2D eigenvalue weighted by atomic mass is 79.9. The molecular weight excluding hydrogens is 769 g/mol. The number of hydrogen-bond acceptors (Lipinski definition) is 4. The van der Waals surface area contributed by atoms with E-state index in [4.69, 9.17) is 27.9 Å². The van der Waals surface area contributed by atoms with Gasteiger partial charge >= 0.3 is 5.97 Å². The normalized spacial score (nSPS) is 16.6. The second-order valence-corrected chi connectivity index (χ2v) is 19.6. The average Bonchev–Trinajstić information content (AvgIpc) is 2.91. The van der Waals surface area contributed by atoms with Gasteiger partial charge in [-0.2, -0.15) is 4.40 Å². The highest BCUT2D eigenvalue weighted by molar-refractivity contribution is 9.10. The summed E-state index contributed by atoms with van der Waals surface area (Å²) in [5.74, 6) is -0.207. The van der Waals surface area contributed by atoms with Gasteiger partial charge in [-0.1, -0.05) is 62.5 Å². The van der Waals surface area contributed by atoms with E-state index in [0.717, 1.165) is 32.2 Å². The minimum absolute atomic E-state index is 0.0773. The fourth-order valence-corrected chi connectivity index (χ4v) is 7.12. The van der Waals surface area contributed by atoms with E-state index in [9.17, 15) is 13.2 Å². The standard InChI is InChI=1S/C21H32BrClO3S.C12H15BrClNOS/c1-8-14(3)18(19(24)26-9-2)21(7,13-27(25)20(4,5)6)15-10-11-16(22)17(23)12-15;1-8(15-17(16)12(2,3)4)9-5-6-10(13)11(14)7-9/h10-12,14,18H,8-9,13H2,1-7H3;5-7H,1-4H3/t14-,18?,21-,27+;17-/m00/s1. The molecule has 0 amide bonds. The number of hydrogen-bond donors (Lipinski definition) is 0. The lowest BCUT2D eigenvalue weighted by molar-refractivity contribution is -0.152. The molecule has 0 spiro atoms. The maximum Gasteiger partial charge on any atom is 0.310 e. The minimum atomic E-state index is -1.25. The second-order valence-electron chi connectivity index (χ2n) is 12.9. The van der Waals surface area contributed by atoms with Gasteiger partial charge in [-0.3, -0.25) is 9.00 Å². The van der Waals surface area contributed by atoms with Crippen molar-refractivity contribution in [2.75, 3.05) is 12.4 Å². The summed E-state index contributed by atoms with van der Waals surface area (Å²) in [5, 5.41) is 1.20. The number of esters is 1. The Labute approximate surface area is 297 Å². The summed E-state index contributed by atoms with van der Waals surface area (Å²) in [6.07, 6.45) is 0.825. The van der Waals surface area contributed by atoms with Gasteiger partial charge in [-0.15, -0.1) is 0 Å². The molecule has 0 heterocycles. The Kier molecular flexibility index (Phi) is 16.5. The van der Waals surface area contributed by atoms with Crippen LogP contribution < -0.4 is 0 Å². The van der Waals surface area contributed by atoms with Gasteiger partial charge in [0.25, 0.3) is 0 Å². The van der Waals surface area contributed by atoms with Crippen molar-refractivity contribution >= 4 is 88.5 Å². The van der Waals surface area contributed by atoms with Crippen LogP contribution in [-0.4, -0.2) is 42.0 Å². The SMILES string of the molecule is CC(=N[S@@](=O)C(C)(C)C)c1ccc(Br)c(Cl)c1.CCOC(=O)C([C@@H](C)CC)[C@@](C)(C[S@@](=O)C(C)(C)C)c1ccc(Br)c(Cl)c1. The molecule has 11 heteroatoms. The maximum atomic E-state index is 13.1. The van der Waals surface area contributed by atoms with Crippen molar-refractivity contribution < 1.29 is 17.9 Å². The van der Waals surface area contributed by atoms with Gasteiger partial charge in [0.05, 0.1) is 33.0 Å². The van der Waals surface area contributed by atoms with Crippen LogP contribution in [0.15, 0.2) is 49.7 Å². The molecule has 0 saturated carbocycles. The number of benzene rings is 2. The van der Waals surface area contributed by atoms with E-state index in [1.165, 1.54) is 0 Å². The number of halogens is 4. The first kappa shape index (κ1) is 41.4. The number of carbonyl (C=O) groups excluding carboxylic acids is 1. The summed E-state index contributed by atoms with van der Waals surface area (Å²) in [6, 6.07) is 11.3. The average molecular weight is 817 g/mol. The van der Waals surface area contributed by atoms with Gasteiger partial charge in [0.1, 0.15) is 11.0 Å². The molecule has 0 fully saturated rings. The molecule has 0 radical (unpaired) electrons. The Morgan fingerprint density at radius 1 is 0.909 bits per heavy atom. The summed E-state index contributed by atoms with van der Waals surface area (Å²) in [5.41, 5.74) is 1.86. The fourth-order valence-electron chi connectivity index (χ4n) is 4.32. The van der Waals surface area contributed by atoms with E-state index in [1.807, 2.05) is 98.7 Å². The third-order valence-electron chi connectivity index (χ3n) is 7.21. The Morgan fingerprint density at radius 2 is 1.43 bits per heavy atom. The first-order chi connectivity index (χ1) is 20.1. The van der Waals surface area contributed by atoms with Crippen molar-refractivity contribution in [2.24, 2.45) is 16.2 Å². The van der Waals surface area contributed by atoms with Crippen LogP contribution in [0.2, 0.25) is 10.0 Å². The molecule has 0 bridgehead atoms. The van der Waals surface area contributed by atoms with Crippen LogP contribution in [0.25, 0.3) is 0 Å². The van der Waals surface area contributed by atoms with E-state index in [0.29, 0.717) is 22.4 Å². The molecule has 5 atom stereocenters. The lowest BCUT2D eigenvalue weighted by Crippen LogP contribution is -2.47. The predicted octanol–water partition coefficient (Wildman–Crippen LogP) is 10.5. The van der Waals surface area contributed by atoms with Crippen LogP contribution in [0.1, 0.15) is 93.7 Å². The lowest BCUT2D eigenvalue weighted by Gasteiger charge is -2.41. The Bertz CT molecular complexity index is 1370. The van der Waals surface area contributed by atoms with Crippen molar-refractivity contribution in [3.8, 4) is 0 Å². The fraction of sp³-hybridized carbons (Fsp3) is 0.576. The molecule has 2 aromatic rings. The van der Waals surface area contributed by atoms with Gasteiger partial charge < -0.3 is 4.74 Å². The van der Waals surface area contributed by atoms with Crippen LogP contribution in [0.4, 0.5) is 0 Å². The number of ether oxygens (including phenoxy) is 1. The predicted molar refractivity (Wildman–Crippen MR) is 198 cm³/mol. The van der Waals surface area contributed by atoms with E-state index in [2.05, 4.69) is 50.1 Å². The van der Waals surface area contributed by atoms with Crippen LogP contribution in [0.5, 0.6) is 0 Å². The minimum Gasteiger partial charge on any atom is -0.466 e. The Balaban J connectivity index is 0.000000488. The van der Waals surface area contributed by atoms with Crippen molar-refractivity contribution in [1.29, 1.82) is 0 Å². The summed E-state index contributed by atoms with van der Waals surface area (Å²) in [6.45, 7) is 21.7. The maximum absolute atomic E-state index is 13.1. The first-order valence-corrected chi connectivity index (χ1v) is 19.3. The van der Waals surface area contributed by atoms with E-state index >= 15 is 0 Å². The van der Waals surface area contributed by atoms with Gasteiger partial charge in [-0.05, 0) is 129 Å². The summed E-state index contributed by atoms with van der Waals surface area (Å²) in [7, 11) is -2.39. The zero-order valence-corrected chi connectivity index (χ0v) is 34.0. The number of carbonyl (C=O) groups is 1. The molecule has 0 aliphatic carbocycles. The molecule has 5 nitrogen and oxygen atoms in total. The Morgan fingerprint density at radius 3 is 1.86 bits per heavy atom. The zero-order valence-electron chi connectivity index (χ0n) is 27.6. The van der Waals surface area contributed by atoms with E-state index in [1.54, 1.807) is 0 Å². The molecule has 44 heavy (non-hydrogen) atoms. The lowest BCUT2D eigenvalue weighted by atomic mass is 9.67. The number of rotatable bonds is 10. The smallest absolute Gasteiger partial charge is 0.310 e. The quantitative estimate of drug-likeness (QED) is 0.177. The Hall–Kier alpha value is -0.580. The third-order valence-corrected chi connectivity index (χ3v) is 13.4. The topological polar surface area (TPSA) is 72.8 Å². The molecule has 248 valence electrons. The molecule has 0 aliphatic heterocycles. The summed E-state index contributed by atoms with van der Waals surface area (Å²) in [4.78, 5) is 13.0. The van der Waals surface area contributed by atoms with Crippen LogP contribution in [-0.2, 0) is 36.7 Å². The van der Waals surface area contributed by atoms with Crippen molar-refractivity contribution in [2.45, 2.75) is 97.5 Å². The molecular formula is C33H47Br2Cl2NO4S2. The molecule has 0 N–H and O–H groups in total. The molecule has 2 rings (SSSR count).